The van der Waals surface area contributed by atoms with Gasteiger partial charge in [-0.15, -0.1) is 0 Å². The predicted molar refractivity (Wildman–Crippen MR) is 80.4 cm³/mol. The van der Waals surface area contributed by atoms with Crippen molar-refractivity contribution >= 4 is 26.8 Å². The molecule has 0 aliphatic rings. The number of unbranched alkanes of at least 4 members (excludes halogenated alkanes) is 1. The summed E-state index contributed by atoms with van der Waals surface area (Å²) in [4.78, 5) is 4.36. The second-order valence-electron chi connectivity index (χ2n) is 5.16. The van der Waals surface area contributed by atoms with Gasteiger partial charge in [0.05, 0.1) is 11.4 Å². The molecule has 0 unspecified atom stereocenters. The van der Waals surface area contributed by atoms with Crippen LogP contribution in [-0.4, -0.2) is 19.2 Å². The summed E-state index contributed by atoms with van der Waals surface area (Å²) in [5, 5.41) is 0. The number of hydrogen-bond donors (Lipinski definition) is 1. The van der Waals surface area contributed by atoms with Crippen LogP contribution in [0.3, 0.4) is 0 Å². The van der Waals surface area contributed by atoms with Crippen LogP contribution in [0.25, 0.3) is 11.1 Å². The number of oxazole rings is 1. The smallest absolute Gasteiger partial charge is 0.232 e. The Morgan fingerprint density at radius 2 is 2.10 bits per heavy atom. The Morgan fingerprint density at radius 3 is 2.75 bits per heavy atom. The predicted octanol–water partition coefficient (Wildman–Crippen LogP) is 3.49. The fourth-order valence-electron chi connectivity index (χ4n) is 1.82. The molecule has 6 heteroatoms. The molecule has 0 spiro atoms. The van der Waals surface area contributed by atoms with Crippen LogP contribution in [0.2, 0.25) is 0 Å². The zero-order valence-electron chi connectivity index (χ0n) is 12.0. The van der Waals surface area contributed by atoms with E-state index >= 15 is 0 Å². The summed E-state index contributed by atoms with van der Waals surface area (Å²) in [6, 6.07) is 5.15. The monoisotopic (exact) mass is 296 g/mol. The summed E-state index contributed by atoms with van der Waals surface area (Å²) in [5.41, 5.74) is 1.86. The van der Waals surface area contributed by atoms with Crippen LogP contribution in [0.15, 0.2) is 22.6 Å². The van der Waals surface area contributed by atoms with E-state index in [1.54, 1.807) is 18.2 Å². The summed E-state index contributed by atoms with van der Waals surface area (Å²) in [5.74, 6) is 0.993. The van der Waals surface area contributed by atoms with Crippen molar-refractivity contribution in [2.45, 2.75) is 39.5 Å². The van der Waals surface area contributed by atoms with Crippen molar-refractivity contribution in [3.8, 4) is 0 Å². The van der Waals surface area contributed by atoms with Gasteiger partial charge in [-0.05, 0) is 18.6 Å². The molecule has 0 radical (unpaired) electrons. The Balaban J connectivity index is 2.23. The summed E-state index contributed by atoms with van der Waals surface area (Å²) in [6.07, 6.45) is 1.50. The first-order valence-corrected chi connectivity index (χ1v) is 8.47. The molecule has 1 N–H and O–H groups in total. The molecule has 0 saturated heterocycles. The van der Waals surface area contributed by atoms with Crippen molar-refractivity contribution in [1.29, 1.82) is 0 Å². The number of benzene rings is 1. The number of fused-ring (bicyclic) bond motifs is 1. The molecule has 0 amide bonds. The zero-order valence-corrected chi connectivity index (χ0v) is 12.8. The fourth-order valence-corrected chi connectivity index (χ4v) is 3.07. The Hall–Kier alpha value is -1.56. The van der Waals surface area contributed by atoms with Gasteiger partial charge in [0.25, 0.3) is 0 Å². The average Bonchev–Trinajstić information content (AvgIpc) is 2.79. The van der Waals surface area contributed by atoms with Crippen molar-refractivity contribution < 1.29 is 12.8 Å². The number of nitrogens with one attached hydrogen (secondary N) is 1. The normalized spacial score (nSPS) is 12.2. The van der Waals surface area contributed by atoms with Crippen LogP contribution in [0, 0.1) is 0 Å². The van der Waals surface area contributed by atoms with Crippen molar-refractivity contribution in [1.82, 2.24) is 4.98 Å². The highest BCUT2D eigenvalue weighted by atomic mass is 32.2. The SMILES string of the molecule is CCCCS(=O)(=O)Nc1ccc2nc(C(C)C)oc2c1. The third kappa shape index (κ3) is 3.50. The van der Waals surface area contributed by atoms with Gasteiger partial charge in [0, 0.05) is 12.0 Å². The second kappa shape index (κ2) is 5.83. The lowest BCUT2D eigenvalue weighted by Crippen LogP contribution is -2.16. The maximum atomic E-state index is 11.9. The van der Waals surface area contributed by atoms with Crippen LogP contribution in [0.4, 0.5) is 5.69 Å². The molecule has 20 heavy (non-hydrogen) atoms. The lowest BCUT2D eigenvalue weighted by Gasteiger charge is -2.06. The van der Waals surface area contributed by atoms with Gasteiger partial charge in [-0.25, -0.2) is 13.4 Å². The largest absolute Gasteiger partial charge is 0.440 e. The molecule has 110 valence electrons. The average molecular weight is 296 g/mol. The van der Waals surface area contributed by atoms with Gasteiger partial charge in [0.1, 0.15) is 5.52 Å². The highest BCUT2D eigenvalue weighted by Crippen LogP contribution is 2.24. The van der Waals surface area contributed by atoms with Gasteiger partial charge in [-0.3, -0.25) is 4.72 Å². The molecule has 0 aliphatic heterocycles. The number of sulfonamides is 1. The van der Waals surface area contributed by atoms with E-state index < -0.39 is 10.0 Å². The standard InChI is InChI=1S/C14H20N2O3S/c1-4-5-8-20(17,18)16-11-6-7-12-13(9-11)19-14(15-12)10(2)3/h6-7,9-10,16H,4-5,8H2,1-3H3. The molecular formula is C14H20N2O3S. The molecule has 2 aromatic rings. The number of nitrogens with zero attached hydrogens (tertiary/aromatic N) is 1. The number of rotatable bonds is 6. The van der Waals surface area contributed by atoms with E-state index in [2.05, 4.69) is 9.71 Å². The molecule has 0 bridgehead atoms. The molecular weight excluding hydrogens is 276 g/mol. The maximum Gasteiger partial charge on any atom is 0.232 e. The highest BCUT2D eigenvalue weighted by molar-refractivity contribution is 7.92. The van der Waals surface area contributed by atoms with Gasteiger partial charge in [0.2, 0.25) is 10.0 Å². The molecule has 5 nitrogen and oxygen atoms in total. The summed E-state index contributed by atoms with van der Waals surface area (Å²) in [6.45, 7) is 5.96. The first-order valence-electron chi connectivity index (χ1n) is 6.82. The summed E-state index contributed by atoms with van der Waals surface area (Å²) >= 11 is 0. The minimum atomic E-state index is -3.29. The Labute approximate surface area is 119 Å². The maximum absolute atomic E-state index is 11.9. The van der Waals surface area contributed by atoms with Crippen LogP contribution in [0.1, 0.15) is 45.4 Å². The highest BCUT2D eigenvalue weighted by Gasteiger charge is 2.13. The van der Waals surface area contributed by atoms with Crippen molar-refractivity contribution in [2.75, 3.05) is 10.5 Å². The lowest BCUT2D eigenvalue weighted by atomic mass is 10.2. The lowest BCUT2D eigenvalue weighted by molar-refractivity contribution is 0.501. The van der Waals surface area contributed by atoms with Crippen LogP contribution >= 0.6 is 0 Å². The third-order valence-electron chi connectivity index (χ3n) is 2.94. The van der Waals surface area contributed by atoms with Gasteiger partial charge in [-0.1, -0.05) is 27.2 Å². The molecule has 0 saturated carbocycles. The second-order valence-corrected chi connectivity index (χ2v) is 7.01. The Bertz CT molecular complexity index is 690. The van der Waals surface area contributed by atoms with Gasteiger partial charge < -0.3 is 4.42 Å². The zero-order chi connectivity index (χ0) is 14.8. The van der Waals surface area contributed by atoms with Crippen LogP contribution in [-0.2, 0) is 10.0 Å². The quantitative estimate of drug-likeness (QED) is 0.885. The molecule has 1 heterocycles. The molecule has 2 rings (SSSR count). The third-order valence-corrected chi connectivity index (χ3v) is 4.31. The Morgan fingerprint density at radius 1 is 1.35 bits per heavy atom. The van der Waals surface area contributed by atoms with Crippen molar-refractivity contribution in [3.05, 3.63) is 24.1 Å². The molecule has 0 aliphatic carbocycles. The fraction of sp³-hybridized carbons (Fsp3) is 0.500. The van der Waals surface area contributed by atoms with E-state index in [0.717, 1.165) is 11.9 Å². The van der Waals surface area contributed by atoms with E-state index in [9.17, 15) is 8.42 Å². The Kier molecular flexibility index (Phi) is 4.32. The van der Waals surface area contributed by atoms with Crippen molar-refractivity contribution in [2.24, 2.45) is 0 Å². The van der Waals surface area contributed by atoms with Crippen LogP contribution in [0.5, 0.6) is 0 Å². The van der Waals surface area contributed by atoms with E-state index in [1.807, 2.05) is 20.8 Å². The van der Waals surface area contributed by atoms with Gasteiger partial charge >= 0.3 is 0 Å². The van der Waals surface area contributed by atoms with E-state index in [1.165, 1.54) is 0 Å². The minimum Gasteiger partial charge on any atom is -0.440 e. The van der Waals surface area contributed by atoms with E-state index in [-0.39, 0.29) is 11.7 Å². The van der Waals surface area contributed by atoms with Gasteiger partial charge in [0.15, 0.2) is 11.5 Å². The molecule has 1 aromatic heterocycles. The first-order chi connectivity index (χ1) is 9.41. The molecule has 0 fully saturated rings. The summed E-state index contributed by atoms with van der Waals surface area (Å²) < 4.78 is 31.9. The minimum absolute atomic E-state index is 0.134. The topological polar surface area (TPSA) is 72.2 Å². The van der Waals surface area contributed by atoms with E-state index in [0.29, 0.717) is 23.6 Å². The summed E-state index contributed by atoms with van der Waals surface area (Å²) in [7, 11) is -3.29. The van der Waals surface area contributed by atoms with Gasteiger partial charge in [-0.2, -0.15) is 0 Å². The van der Waals surface area contributed by atoms with E-state index in [4.69, 9.17) is 4.42 Å². The first kappa shape index (κ1) is 14.8. The van der Waals surface area contributed by atoms with Crippen molar-refractivity contribution in [3.63, 3.8) is 0 Å². The number of aromatic nitrogens is 1. The number of hydrogen-bond acceptors (Lipinski definition) is 4. The molecule has 0 atom stereocenters. The number of anilines is 1. The van der Waals surface area contributed by atoms with Crippen LogP contribution < -0.4 is 4.72 Å². The molecule has 1 aromatic carbocycles.